The molecule has 0 aliphatic heterocycles. The molecule has 3 N–H and O–H groups in total. The van der Waals surface area contributed by atoms with Crippen LogP contribution < -0.4 is 15.8 Å². The zero-order valence-corrected chi connectivity index (χ0v) is 14.4. The first-order valence-electron chi connectivity index (χ1n) is 6.77. The molecule has 2 atom stereocenters. The number of thioether (sulfide) groups is 1. The van der Waals surface area contributed by atoms with E-state index < -0.39 is 6.04 Å². The third-order valence-electron chi connectivity index (χ3n) is 2.85. The molecule has 1 aromatic carbocycles. The van der Waals surface area contributed by atoms with Gasteiger partial charge < -0.3 is 15.8 Å². The summed E-state index contributed by atoms with van der Waals surface area (Å²) in [6.45, 7) is 4.36. The van der Waals surface area contributed by atoms with E-state index in [1.165, 1.54) is 0 Å². The van der Waals surface area contributed by atoms with Crippen LogP contribution >= 0.6 is 24.2 Å². The predicted octanol–water partition coefficient (Wildman–Crippen LogP) is 2.38. The standard InChI is InChI=1S/C15H24N2O2S.ClH/c1-11-5-4-6-13(9-11)19-10-12(2)17-15(18)14(16)7-8-20-3;/h4-6,9,12,14H,7-8,10,16H2,1-3H3,(H,17,18);1H/t12?,14-;/m0./s1. The first kappa shape index (κ1) is 20.1. The van der Waals surface area contributed by atoms with Crippen LogP contribution in [0.4, 0.5) is 0 Å². The quantitative estimate of drug-likeness (QED) is 0.767. The fraction of sp³-hybridized carbons (Fsp3) is 0.533. The van der Waals surface area contributed by atoms with Gasteiger partial charge in [0, 0.05) is 0 Å². The second-order valence-corrected chi connectivity index (χ2v) is 5.91. The molecule has 4 nitrogen and oxygen atoms in total. The van der Waals surface area contributed by atoms with Gasteiger partial charge in [-0.05, 0) is 50.0 Å². The Morgan fingerprint density at radius 1 is 1.48 bits per heavy atom. The Kier molecular flexibility index (Phi) is 10.3. The van der Waals surface area contributed by atoms with Gasteiger partial charge in [0.2, 0.25) is 5.91 Å². The van der Waals surface area contributed by atoms with Crippen LogP contribution in [0.15, 0.2) is 24.3 Å². The van der Waals surface area contributed by atoms with Crippen LogP contribution in [0.25, 0.3) is 0 Å². The van der Waals surface area contributed by atoms with E-state index in [1.54, 1.807) is 11.8 Å². The lowest BCUT2D eigenvalue weighted by atomic mass is 10.2. The number of rotatable bonds is 8. The van der Waals surface area contributed by atoms with Gasteiger partial charge in [0.25, 0.3) is 0 Å². The summed E-state index contributed by atoms with van der Waals surface area (Å²) >= 11 is 1.69. The van der Waals surface area contributed by atoms with Crippen LogP contribution in [0.1, 0.15) is 18.9 Å². The van der Waals surface area contributed by atoms with Gasteiger partial charge in [-0.25, -0.2) is 0 Å². The molecule has 0 aromatic heterocycles. The zero-order chi connectivity index (χ0) is 15.0. The number of nitrogens with one attached hydrogen (secondary N) is 1. The molecule has 1 rings (SSSR count). The van der Waals surface area contributed by atoms with Crippen molar-refractivity contribution in [3.63, 3.8) is 0 Å². The summed E-state index contributed by atoms with van der Waals surface area (Å²) in [4.78, 5) is 11.8. The molecule has 0 heterocycles. The minimum absolute atomic E-state index is 0. The first-order chi connectivity index (χ1) is 9.52. The summed E-state index contributed by atoms with van der Waals surface area (Å²) in [6, 6.07) is 7.34. The van der Waals surface area contributed by atoms with E-state index in [1.807, 2.05) is 44.4 Å². The average molecular weight is 333 g/mol. The number of halogens is 1. The van der Waals surface area contributed by atoms with Crippen LogP contribution in [0.2, 0.25) is 0 Å². The van der Waals surface area contributed by atoms with Crippen molar-refractivity contribution in [2.24, 2.45) is 5.73 Å². The Bertz CT molecular complexity index is 432. The van der Waals surface area contributed by atoms with Crippen LogP contribution in [-0.4, -0.2) is 36.6 Å². The third-order valence-corrected chi connectivity index (χ3v) is 3.49. The number of nitrogens with two attached hydrogens (primary N) is 1. The molecule has 0 aliphatic rings. The number of amides is 1. The highest BCUT2D eigenvalue weighted by Crippen LogP contribution is 2.12. The maximum atomic E-state index is 11.8. The highest BCUT2D eigenvalue weighted by molar-refractivity contribution is 7.98. The van der Waals surface area contributed by atoms with E-state index in [0.717, 1.165) is 17.1 Å². The smallest absolute Gasteiger partial charge is 0.237 e. The molecule has 0 radical (unpaired) electrons. The van der Waals surface area contributed by atoms with Gasteiger partial charge in [0.05, 0.1) is 12.1 Å². The molecule has 1 amide bonds. The van der Waals surface area contributed by atoms with Crippen molar-refractivity contribution < 1.29 is 9.53 Å². The summed E-state index contributed by atoms with van der Waals surface area (Å²) in [6.07, 6.45) is 2.70. The minimum Gasteiger partial charge on any atom is -0.491 e. The van der Waals surface area contributed by atoms with Gasteiger partial charge in [-0.2, -0.15) is 11.8 Å². The fourth-order valence-corrected chi connectivity index (χ4v) is 2.18. The van der Waals surface area contributed by atoms with Crippen LogP contribution in [0, 0.1) is 6.92 Å². The van der Waals surface area contributed by atoms with E-state index in [-0.39, 0.29) is 24.4 Å². The minimum atomic E-state index is -0.441. The predicted molar refractivity (Wildman–Crippen MR) is 92.5 cm³/mol. The molecule has 120 valence electrons. The molecule has 0 bridgehead atoms. The van der Waals surface area contributed by atoms with Gasteiger partial charge in [-0.1, -0.05) is 12.1 Å². The maximum absolute atomic E-state index is 11.8. The number of hydrogen-bond donors (Lipinski definition) is 2. The molecule has 21 heavy (non-hydrogen) atoms. The monoisotopic (exact) mass is 332 g/mol. The fourth-order valence-electron chi connectivity index (χ4n) is 1.69. The number of carbonyl (C=O) groups is 1. The summed E-state index contributed by atoms with van der Waals surface area (Å²) in [5, 5.41) is 2.88. The molecule has 0 fully saturated rings. The Hall–Kier alpha value is -0.910. The van der Waals surface area contributed by atoms with E-state index in [9.17, 15) is 4.79 Å². The Balaban J connectivity index is 0.00000400. The summed E-state index contributed by atoms with van der Waals surface area (Å²) in [7, 11) is 0. The molecule has 0 saturated carbocycles. The molecule has 0 saturated heterocycles. The van der Waals surface area contributed by atoms with Crippen LogP contribution in [0.3, 0.4) is 0 Å². The SMILES string of the molecule is CSCC[C@H](N)C(=O)NC(C)COc1cccc(C)c1.Cl. The molecule has 1 aromatic rings. The van der Waals surface area contributed by atoms with Crippen LogP contribution in [-0.2, 0) is 4.79 Å². The first-order valence-corrected chi connectivity index (χ1v) is 8.16. The molecule has 0 spiro atoms. The van der Waals surface area contributed by atoms with Crippen molar-refractivity contribution in [2.75, 3.05) is 18.6 Å². The Labute approximate surface area is 137 Å². The lowest BCUT2D eigenvalue weighted by molar-refractivity contribution is -0.123. The Morgan fingerprint density at radius 3 is 2.81 bits per heavy atom. The maximum Gasteiger partial charge on any atom is 0.237 e. The zero-order valence-electron chi connectivity index (χ0n) is 12.8. The van der Waals surface area contributed by atoms with E-state index in [4.69, 9.17) is 10.5 Å². The van der Waals surface area contributed by atoms with Gasteiger partial charge >= 0.3 is 0 Å². The van der Waals surface area contributed by atoms with Gasteiger partial charge in [0.15, 0.2) is 0 Å². The second-order valence-electron chi connectivity index (χ2n) is 4.93. The van der Waals surface area contributed by atoms with Gasteiger partial charge in [-0.15, -0.1) is 12.4 Å². The Morgan fingerprint density at radius 2 is 2.19 bits per heavy atom. The highest BCUT2D eigenvalue weighted by Gasteiger charge is 2.15. The number of carbonyl (C=O) groups excluding carboxylic acids is 1. The normalized spacial score (nSPS) is 13.0. The second kappa shape index (κ2) is 10.8. The van der Waals surface area contributed by atoms with Crippen LogP contribution in [0.5, 0.6) is 5.75 Å². The van der Waals surface area contributed by atoms with E-state index in [0.29, 0.717) is 13.0 Å². The van der Waals surface area contributed by atoms with Crippen molar-refractivity contribution in [3.8, 4) is 5.75 Å². The van der Waals surface area contributed by atoms with Crippen molar-refractivity contribution in [3.05, 3.63) is 29.8 Å². The van der Waals surface area contributed by atoms with Gasteiger partial charge in [0.1, 0.15) is 12.4 Å². The third kappa shape index (κ3) is 8.19. The van der Waals surface area contributed by atoms with Crippen molar-refractivity contribution >= 4 is 30.1 Å². The number of hydrogen-bond acceptors (Lipinski definition) is 4. The molecular formula is C15H25ClN2O2S. The number of benzene rings is 1. The van der Waals surface area contributed by atoms with E-state index in [2.05, 4.69) is 5.32 Å². The molecule has 6 heteroatoms. The lowest BCUT2D eigenvalue weighted by Crippen LogP contribution is -2.46. The summed E-state index contributed by atoms with van der Waals surface area (Å²) in [5.74, 6) is 1.60. The number of aryl methyl sites for hydroxylation is 1. The van der Waals surface area contributed by atoms with Crippen molar-refractivity contribution in [2.45, 2.75) is 32.4 Å². The molecule has 1 unspecified atom stereocenters. The molecule has 0 aliphatic carbocycles. The summed E-state index contributed by atoms with van der Waals surface area (Å²) < 4.78 is 5.65. The number of ether oxygens (including phenoxy) is 1. The largest absolute Gasteiger partial charge is 0.491 e. The topological polar surface area (TPSA) is 64.4 Å². The van der Waals surface area contributed by atoms with Crippen molar-refractivity contribution in [1.82, 2.24) is 5.32 Å². The van der Waals surface area contributed by atoms with Crippen molar-refractivity contribution in [1.29, 1.82) is 0 Å². The summed E-state index contributed by atoms with van der Waals surface area (Å²) in [5.41, 5.74) is 6.96. The lowest BCUT2D eigenvalue weighted by Gasteiger charge is -2.18. The van der Waals surface area contributed by atoms with E-state index >= 15 is 0 Å². The average Bonchev–Trinajstić information content (AvgIpc) is 2.42. The molecular weight excluding hydrogens is 308 g/mol. The highest BCUT2D eigenvalue weighted by atomic mass is 35.5. The van der Waals surface area contributed by atoms with Gasteiger partial charge in [-0.3, -0.25) is 4.79 Å².